The van der Waals surface area contributed by atoms with Crippen LogP contribution in [0.15, 0.2) is 70.3 Å². The first-order chi connectivity index (χ1) is 18.6. The van der Waals surface area contributed by atoms with Gasteiger partial charge >= 0.3 is 0 Å². The number of methoxy groups -OCH3 is 1. The first kappa shape index (κ1) is 29.0. The summed E-state index contributed by atoms with van der Waals surface area (Å²) in [6.45, 7) is 1.63. The van der Waals surface area contributed by atoms with Crippen molar-refractivity contribution in [2.45, 2.75) is 17.8 Å². The number of tetrazole rings is 1. The molecule has 0 bridgehead atoms. The minimum absolute atomic E-state index is 0. The van der Waals surface area contributed by atoms with Crippen LogP contribution in [0.1, 0.15) is 17.2 Å². The number of nitrogens with zero attached hydrogens (tertiary/aromatic N) is 4. The Hall–Kier alpha value is -3.03. The van der Waals surface area contributed by atoms with Crippen LogP contribution in [0.4, 0.5) is 0 Å². The van der Waals surface area contributed by atoms with Gasteiger partial charge in [-0.05, 0) is 73.9 Å². The van der Waals surface area contributed by atoms with E-state index in [-0.39, 0.29) is 25.8 Å². The van der Waals surface area contributed by atoms with Gasteiger partial charge in [0.1, 0.15) is 12.7 Å². The van der Waals surface area contributed by atoms with Crippen molar-refractivity contribution in [3.63, 3.8) is 0 Å². The maximum absolute atomic E-state index is 10.6. The molecule has 2 heterocycles. The van der Waals surface area contributed by atoms with Crippen molar-refractivity contribution >= 4 is 40.1 Å². The SMILES string of the molecule is COc1cc(CNCCSc2nnnn2-c2ccccc2)cc(Br)c1OCC(O)c1ccc2c(c1)OCO2.Cl. The van der Waals surface area contributed by atoms with Crippen LogP contribution in [-0.2, 0) is 6.54 Å². The van der Waals surface area contributed by atoms with Crippen molar-refractivity contribution in [1.29, 1.82) is 0 Å². The van der Waals surface area contributed by atoms with Crippen molar-refractivity contribution in [1.82, 2.24) is 25.5 Å². The highest BCUT2D eigenvalue weighted by molar-refractivity contribution is 9.10. The predicted octanol–water partition coefficient (Wildman–Crippen LogP) is 4.58. The third-order valence-corrected chi connectivity index (χ3v) is 7.25. The number of benzene rings is 3. The Labute approximate surface area is 244 Å². The van der Waals surface area contributed by atoms with Crippen LogP contribution in [0, 0.1) is 0 Å². The van der Waals surface area contributed by atoms with Crippen LogP contribution >= 0.6 is 40.1 Å². The van der Waals surface area contributed by atoms with E-state index in [2.05, 4.69) is 36.8 Å². The fraction of sp³-hybridized carbons (Fsp3) is 0.269. The molecular weight excluding hydrogens is 610 g/mol. The number of hydrogen-bond donors (Lipinski definition) is 2. The second-order valence-electron chi connectivity index (χ2n) is 8.28. The smallest absolute Gasteiger partial charge is 0.231 e. The summed E-state index contributed by atoms with van der Waals surface area (Å²) in [7, 11) is 1.59. The quantitative estimate of drug-likeness (QED) is 0.169. The molecule has 206 valence electrons. The molecule has 0 radical (unpaired) electrons. The van der Waals surface area contributed by atoms with Gasteiger partial charge in [0.15, 0.2) is 23.0 Å². The third kappa shape index (κ3) is 7.14. The normalized spacial score (nSPS) is 12.6. The molecule has 3 aromatic carbocycles. The molecule has 0 amide bonds. The number of thioether (sulfide) groups is 1. The number of rotatable bonds is 12. The first-order valence-electron chi connectivity index (χ1n) is 11.9. The maximum atomic E-state index is 10.6. The molecule has 0 saturated carbocycles. The van der Waals surface area contributed by atoms with Gasteiger partial charge in [-0.2, -0.15) is 4.68 Å². The first-order valence-corrected chi connectivity index (χ1v) is 13.6. The van der Waals surface area contributed by atoms with Gasteiger partial charge in [-0.25, -0.2) is 0 Å². The molecule has 1 aliphatic rings. The van der Waals surface area contributed by atoms with Gasteiger partial charge in [-0.1, -0.05) is 36.0 Å². The highest BCUT2D eigenvalue weighted by Gasteiger charge is 2.19. The lowest BCUT2D eigenvalue weighted by Crippen LogP contribution is -2.17. The summed E-state index contributed by atoms with van der Waals surface area (Å²) in [5.41, 5.74) is 2.63. The van der Waals surface area contributed by atoms with Gasteiger partial charge in [0.05, 0.1) is 17.3 Å². The minimum Gasteiger partial charge on any atom is -0.493 e. The van der Waals surface area contributed by atoms with Crippen LogP contribution in [0.2, 0.25) is 0 Å². The average Bonchev–Trinajstić information content (AvgIpc) is 3.61. The number of hydrogen-bond acceptors (Lipinski definition) is 10. The third-order valence-electron chi connectivity index (χ3n) is 5.74. The van der Waals surface area contributed by atoms with E-state index >= 15 is 0 Å². The molecule has 1 aliphatic heterocycles. The van der Waals surface area contributed by atoms with E-state index in [1.54, 1.807) is 41.8 Å². The Balaban J connectivity index is 0.00000353. The molecule has 2 N–H and O–H groups in total. The van der Waals surface area contributed by atoms with Crippen LogP contribution in [0.25, 0.3) is 5.69 Å². The van der Waals surface area contributed by atoms with Gasteiger partial charge in [0, 0.05) is 18.8 Å². The number of fused-ring (bicyclic) bond motifs is 1. The number of aromatic nitrogens is 4. The zero-order valence-corrected chi connectivity index (χ0v) is 24.2. The van der Waals surface area contributed by atoms with E-state index in [1.165, 1.54) is 0 Å². The number of nitrogens with one attached hydrogen (secondary N) is 1. The molecule has 1 atom stereocenters. The Morgan fingerprint density at radius 3 is 2.77 bits per heavy atom. The fourth-order valence-electron chi connectivity index (χ4n) is 3.84. The fourth-order valence-corrected chi connectivity index (χ4v) is 5.23. The van der Waals surface area contributed by atoms with Crippen LogP contribution in [-0.4, -0.2) is 58.1 Å². The lowest BCUT2D eigenvalue weighted by atomic mass is 10.1. The largest absolute Gasteiger partial charge is 0.493 e. The van der Waals surface area contributed by atoms with Gasteiger partial charge in [0.25, 0.3) is 0 Å². The summed E-state index contributed by atoms with van der Waals surface area (Å²) in [5.74, 6) is 3.18. The van der Waals surface area contributed by atoms with Gasteiger partial charge in [-0.3, -0.25) is 0 Å². The Morgan fingerprint density at radius 1 is 1.13 bits per heavy atom. The molecule has 1 aromatic heterocycles. The molecule has 5 rings (SSSR count). The Kier molecular flexibility index (Phi) is 10.3. The molecule has 0 aliphatic carbocycles. The molecule has 10 nitrogen and oxygen atoms in total. The zero-order valence-electron chi connectivity index (χ0n) is 20.9. The monoisotopic (exact) mass is 635 g/mol. The van der Waals surface area contributed by atoms with Crippen molar-refractivity contribution in [3.05, 3.63) is 76.3 Å². The molecule has 4 aromatic rings. The summed E-state index contributed by atoms with van der Waals surface area (Å²) in [6.07, 6.45) is -0.845. The molecule has 0 saturated heterocycles. The zero-order chi connectivity index (χ0) is 26.3. The van der Waals surface area contributed by atoms with E-state index in [0.29, 0.717) is 35.1 Å². The number of para-hydroxylation sites is 1. The highest BCUT2D eigenvalue weighted by Crippen LogP contribution is 2.38. The van der Waals surface area contributed by atoms with Crippen LogP contribution in [0.3, 0.4) is 0 Å². The summed E-state index contributed by atoms with van der Waals surface area (Å²) >= 11 is 5.17. The molecule has 0 spiro atoms. The number of aliphatic hydroxyl groups excluding tert-OH is 1. The molecule has 0 fully saturated rings. The van der Waals surface area contributed by atoms with E-state index in [4.69, 9.17) is 18.9 Å². The lowest BCUT2D eigenvalue weighted by Gasteiger charge is -2.17. The second-order valence-corrected chi connectivity index (χ2v) is 10.2. The molecular formula is C26H27BrClN5O5S. The topological polar surface area (TPSA) is 113 Å². The minimum atomic E-state index is -0.845. The average molecular weight is 637 g/mol. The van der Waals surface area contributed by atoms with Gasteiger partial charge < -0.3 is 29.4 Å². The summed E-state index contributed by atoms with van der Waals surface area (Å²) in [6, 6.07) is 19.0. The van der Waals surface area contributed by atoms with Gasteiger partial charge in [0.2, 0.25) is 11.9 Å². The highest BCUT2D eigenvalue weighted by atomic mass is 79.9. The molecule has 1 unspecified atom stereocenters. The van der Waals surface area contributed by atoms with Crippen molar-refractivity contribution < 1.29 is 24.1 Å². The van der Waals surface area contributed by atoms with Crippen LogP contribution in [0.5, 0.6) is 23.0 Å². The van der Waals surface area contributed by atoms with Crippen molar-refractivity contribution in [2.75, 3.05) is 32.8 Å². The molecule has 39 heavy (non-hydrogen) atoms. The Morgan fingerprint density at radius 2 is 1.95 bits per heavy atom. The Bertz CT molecular complexity index is 1380. The summed E-state index contributed by atoms with van der Waals surface area (Å²) in [5, 5.41) is 26.8. The number of ether oxygens (including phenoxy) is 4. The number of halogens is 2. The summed E-state index contributed by atoms with van der Waals surface area (Å²) < 4.78 is 24.7. The van der Waals surface area contributed by atoms with E-state index < -0.39 is 6.10 Å². The van der Waals surface area contributed by atoms with E-state index in [0.717, 1.165) is 33.2 Å². The predicted molar refractivity (Wildman–Crippen MR) is 153 cm³/mol. The van der Waals surface area contributed by atoms with Crippen molar-refractivity contribution in [2.24, 2.45) is 0 Å². The summed E-state index contributed by atoms with van der Waals surface area (Å²) in [4.78, 5) is 0. The van der Waals surface area contributed by atoms with E-state index in [1.807, 2.05) is 42.5 Å². The maximum Gasteiger partial charge on any atom is 0.231 e. The van der Waals surface area contributed by atoms with E-state index in [9.17, 15) is 5.11 Å². The van der Waals surface area contributed by atoms with Crippen LogP contribution < -0.4 is 24.3 Å². The second kappa shape index (κ2) is 13.9. The van der Waals surface area contributed by atoms with Gasteiger partial charge in [-0.15, -0.1) is 17.5 Å². The number of aliphatic hydroxyl groups is 1. The molecule has 13 heteroatoms. The van der Waals surface area contributed by atoms with Crippen molar-refractivity contribution in [3.8, 4) is 28.7 Å². The lowest BCUT2D eigenvalue weighted by molar-refractivity contribution is 0.105. The standard InChI is InChI=1S/C26H26BrN5O5S.ClH/c1-34-24-12-17(14-28-9-10-38-26-29-30-31-32(26)19-5-3-2-4-6-19)11-20(27)25(24)35-15-21(33)18-7-8-22-23(13-18)37-16-36-22;/h2-8,11-13,21,28,33H,9-10,14-16H2,1H3;1H.